The molecule has 0 aliphatic carbocycles. The minimum absolute atomic E-state index is 0.789. The summed E-state index contributed by atoms with van der Waals surface area (Å²) >= 11 is 0. The third-order valence-electron chi connectivity index (χ3n) is 3.61. The van der Waals surface area contributed by atoms with Crippen molar-refractivity contribution in [1.82, 2.24) is 15.4 Å². The second-order valence-electron chi connectivity index (χ2n) is 4.94. The third kappa shape index (κ3) is 1.94. The number of hydrogen-bond acceptors (Lipinski definition) is 4. The number of aromatic amines is 1. The quantitative estimate of drug-likeness (QED) is 0.594. The largest absolute Gasteiger partial charge is 0.356 e. The van der Waals surface area contributed by atoms with E-state index in [0.717, 1.165) is 45.5 Å². The predicted molar refractivity (Wildman–Crippen MR) is 82.8 cm³/mol. The number of H-pyrrole nitrogens is 1. The molecule has 5 heteroatoms. The molecule has 0 saturated heterocycles. The van der Waals surface area contributed by atoms with Gasteiger partial charge in [0.1, 0.15) is 0 Å². The lowest BCUT2D eigenvalue weighted by Gasteiger charge is -2.03. The van der Waals surface area contributed by atoms with Crippen LogP contribution in [-0.2, 0) is 6.42 Å². The lowest BCUT2D eigenvalue weighted by molar-refractivity contribution is 0.447. The van der Waals surface area contributed by atoms with E-state index >= 15 is 0 Å². The number of hydrogen-bond donors (Lipinski definition) is 2. The Morgan fingerprint density at radius 1 is 1.14 bits per heavy atom. The normalized spacial score (nSPS) is 11.3. The molecule has 2 heterocycles. The number of aryl methyl sites for hydroxylation is 1. The Hall–Kier alpha value is -2.82. The molecule has 21 heavy (non-hydrogen) atoms. The van der Waals surface area contributed by atoms with Gasteiger partial charge in [0.25, 0.3) is 0 Å². The van der Waals surface area contributed by atoms with Crippen LogP contribution in [0.4, 0.5) is 11.5 Å². The van der Waals surface area contributed by atoms with E-state index in [4.69, 9.17) is 4.52 Å². The van der Waals surface area contributed by atoms with Crippen LogP contribution in [0, 0.1) is 0 Å². The van der Waals surface area contributed by atoms with Crippen LogP contribution in [0.15, 0.2) is 47.0 Å². The summed E-state index contributed by atoms with van der Waals surface area (Å²) in [5.74, 6) is 0.806. The minimum Gasteiger partial charge on any atom is -0.356 e. The molecule has 0 saturated carbocycles. The van der Waals surface area contributed by atoms with Crippen molar-refractivity contribution in [1.29, 1.82) is 0 Å². The number of rotatable bonds is 3. The van der Waals surface area contributed by atoms with Crippen molar-refractivity contribution in [2.24, 2.45) is 0 Å². The van der Waals surface area contributed by atoms with E-state index in [2.05, 4.69) is 27.6 Å². The van der Waals surface area contributed by atoms with E-state index in [1.54, 1.807) is 0 Å². The molecular weight excluding hydrogens is 264 g/mol. The van der Waals surface area contributed by atoms with Gasteiger partial charge >= 0.3 is 0 Å². The van der Waals surface area contributed by atoms with Crippen LogP contribution < -0.4 is 5.32 Å². The fourth-order valence-electron chi connectivity index (χ4n) is 2.52. The van der Waals surface area contributed by atoms with Crippen LogP contribution in [0.2, 0.25) is 0 Å². The first-order valence-corrected chi connectivity index (χ1v) is 6.93. The summed E-state index contributed by atoms with van der Waals surface area (Å²) in [6, 6.07) is 14.0. The molecule has 0 atom stereocenters. The summed E-state index contributed by atoms with van der Waals surface area (Å²) in [5.41, 5.74) is 3.71. The van der Waals surface area contributed by atoms with E-state index in [1.165, 1.54) is 0 Å². The number of fused-ring (bicyclic) bond motifs is 2. The first-order valence-electron chi connectivity index (χ1n) is 6.93. The number of nitrogens with one attached hydrogen (secondary N) is 2. The van der Waals surface area contributed by atoms with Crippen LogP contribution >= 0.6 is 0 Å². The summed E-state index contributed by atoms with van der Waals surface area (Å²) in [7, 11) is 0. The van der Waals surface area contributed by atoms with Gasteiger partial charge in [0.05, 0.1) is 11.2 Å². The Morgan fingerprint density at radius 2 is 2.05 bits per heavy atom. The molecule has 0 aliphatic heterocycles. The summed E-state index contributed by atoms with van der Waals surface area (Å²) in [6.45, 7) is 2.07. The smallest absolute Gasteiger partial charge is 0.169 e. The summed E-state index contributed by atoms with van der Waals surface area (Å²) in [4.78, 5) is 0. The van der Waals surface area contributed by atoms with Gasteiger partial charge in [-0.2, -0.15) is 5.10 Å². The van der Waals surface area contributed by atoms with Gasteiger partial charge in [-0.1, -0.05) is 24.2 Å². The van der Waals surface area contributed by atoms with Crippen molar-refractivity contribution in [3.05, 3.63) is 48.2 Å². The highest BCUT2D eigenvalue weighted by Crippen LogP contribution is 2.27. The summed E-state index contributed by atoms with van der Waals surface area (Å²) in [5, 5.41) is 16.8. The van der Waals surface area contributed by atoms with Crippen LogP contribution in [0.1, 0.15) is 12.6 Å². The van der Waals surface area contributed by atoms with Gasteiger partial charge in [-0.15, -0.1) is 0 Å². The highest BCUT2D eigenvalue weighted by molar-refractivity contribution is 5.92. The molecule has 2 N–H and O–H groups in total. The van der Waals surface area contributed by atoms with Gasteiger partial charge < -0.3 is 9.84 Å². The second-order valence-corrected chi connectivity index (χ2v) is 4.94. The SMILES string of the molecule is CCc1noc2cc(Nc3n[nH]c4ccccc34)ccc12. The van der Waals surface area contributed by atoms with Gasteiger partial charge in [-0.25, -0.2) is 0 Å². The molecule has 4 rings (SSSR count). The van der Waals surface area contributed by atoms with Gasteiger partial charge in [0.2, 0.25) is 0 Å². The highest BCUT2D eigenvalue weighted by atomic mass is 16.5. The van der Waals surface area contributed by atoms with Gasteiger partial charge in [-0.05, 0) is 30.7 Å². The maximum atomic E-state index is 5.37. The highest BCUT2D eigenvalue weighted by Gasteiger charge is 2.09. The molecule has 2 aromatic heterocycles. The maximum absolute atomic E-state index is 5.37. The first-order chi connectivity index (χ1) is 10.3. The van der Waals surface area contributed by atoms with E-state index in [0.29, 0.717) is 0 Å². The standard InChI is InChI=1S/C16H14N4O/c1-2-13-11-8-7-10(9-15(11)21-20-13)17-16-12-5-3-4-6-14(12)18-19-16/h3-9H,2H2,1H3,(H2,17,18,19). The zero-order valence-corrected chi connectivity index (χ0v) is 11.6. The first kappa shape index (κ1) is 12.0. The third-order valence-corrected chi connectivity index (χ3v) is 3.61. The molecule has 0 unspecified atom stereocenters. The number of anilines is 2. The number of nitrogens with zero attached hydrogens (tertiary/aromatic N) is 2. The lowest BCUT2D eigenvalue weighted by Crippen LogP contribution is -1.90. The summed E-state index contributed by atoms with van der Waals surface area (Å²) < 4.78 is 5.37. The van der Waals surface area contributed by atoms with E-state index in [9.17, 15) is 0 Å². The van der Waals surface area contributed by atoms with Crippen molar-refractivity contribution in [3.8, 4) is 0 Å². The average Bonchev–Trinajstić information content (AvgIpc) is 3.11. The molecule has 0 aliphatic rings. The molecule has 2 aromatic carbocycles. The molecule has 104 valence electrons. The molecule has 0 amide bonds. The second kappa shape index (κ2) is 4.63. The van der Waals surface area contributed by atoms with Crippen molar-refractivity contribution >= 4 is 33.4 Å². The number of aromatic nitrogens is 3. The van der Waals surface area contributed by atoms with Crippen molar-refractivity contribution < 1.29 is 4.52 Å². The van der Waals surface area contributed by atoms with E-state index in [1.807, 2.05) is 42.5 Å². The van der Waals surface area contributed by atoms with E-state index < -0.39 is 0 Å². The predicted octanol–water partition coefficient (Wildman–Crippen LogP) is 4.01. The Balaban J connectivity index is 1.73. The lowest BCUT2D eigenvalue weighted by atomic mass is 10.1. The molecule has 0 fully saturated rings. The topological polar surface area (TPSA) is 66.7 Å². The molecule has 0 spiro atoms. The fraction of sp³-hybridized carbons (Fsp3) is 0.125. The Labute approximate surface area is 120 Å². The number of para-hydroxylation sites is 1. The summed E-state index contributed by atoms with van der Waals surface area (Å²) in [6.07, 6.45) is 0.865. The van der Waals surface area contributed by atoms with Crippen LogP contribution in [-0.4, -0.2) is 15.4 Å². The van der Waals surface area contributed by atoms with Crippen molar-refractivity contribution in [2.45, 2.75) is 13.3 Å². The fourth-order valence-corrected chi connectivity index (χ4v) is 2.52. The van der Waals surface area contributed by atoms with Gasteiger partial charge in [-0.3, -0.25) is 5.10 Å². The van der Waals surface area contributed by atoms with Crippen LogP contribution in [0.5, 0.6) is 0 Å². The Morgan fingerprint density at radius 3 is 2.95 bits per heavy atom. The van der Waals surface area contributed by atoms with Crippen LogP contribution in [0.3, 0.4) is 0 Å². The molecule has 0 bridgehead atoms. The van der Waals surface area contributed by atoms with Crippen molar-refractivity contribution in [2.75, 3.05) is 5.32 Å². The zero-order valence-electron chi connectivity index (χ0n) is 11.6. The van der Waals surface area contributed by atoms with Gasteiger partial charge in [0, 0.05) is 22.5 Å². The molecule has 5 nitrogen and oxygen atoms in total. The zero-order chi connectivity index (χ0) is 14.2. The minimum atomic E-state index is 0.789. The number of benzene rings is 2. The maximum Gasteiger partial charge on any atom is 0.169 e. The molecular formula is C16H14N4O. The van der Waals surface area contributed by atoms with Gasteiger partial charge in [0.15, 0.2) is 11.4 Å². The monoisotopic (exact) mass is 278 g/mol. The Kier molecular flexibility index (Phi) is 2.64. The average molecular weight is 278 g/mol. The van der Waals surface area contributed by atoms with E-state index in [-0.39, 0.29) is 0 Å². The molecule has 4 aromatic rings. The molecule has 0 radical (unpaired) electrons. The Bertz CT molecular complexity index is 922. The van der Waals surface area contributed by atoms with Crippen LogP contribution in [0.25, 0.3) is 21.9 Å². The van der Waals surface area contributed by atoms with Crippen molar-refractivity contribution in [3.63, 3.8) is 0 Å².